The second-order valence-electron chi connectivity index (χ2n) is 6.22. The third-order valence-corrected chi connectivity index (χ3v) is 4.45. The van der Waals surface area contributed by atoms with E-state index in [9.17, 15) is 13.6 Å². The lowest BCUT2D eigenvalue weighted by Crippen LogP contribution is -2.50. The van der Waals surface area contributed by atoms with E-state index in [-0.39, 0.29) is 28.7 Å². The summed E-state index contributed by atoms with van der Waals surface area (Å²) < 4.78 is 26.0. The molecule has 0 atom stereocenters. The molecule has 27 heavy (non-hydrogen) atoms. The summed E-state index contributed by atoms with van der Waals surface area (Å²) in [5.41, 5.74) is 0.972. The summed E-state index contributed by atoms with van der Waals surface area (Å²) in [5, 5.41) is 12.9. The monoisotopic (exact) mass is 373 g/mol. The van der Waals surface area contributed by atoms with Crippen LogP contribution in [0, 0.1) is 5.41 Å². The van der Waals surface area contributed by atoms with Crippen molar-refractivity contribution in [3.63, 3.8) is 0 Å². The van der Waals surface area contributed by atoms with E-state index < -0.39 is 6.43 Å². The Kier molecular flexibility index (Phi) is 5.54. The third kappa shape index (κ3) is 4.16. The molecular weight excluding hydrogens is 352 g/mol. The molecule has 2 aliphatic heterocycles. The first-order valence-corrected chi connectivity index (χ1v) is 8.56. The van der Waals surface area contributed by atoms with E-state index in [1.165, 1.54) is 6.08 Å². The topological polar surface area (TPSA) is 71.5 Å². The van der Waals surface area contributed by atoms with Gasteiger partial charge < -0.3 is 25.8 Å². The van der Waals surface area contributed by atoms with Gasteiger partial charge in [-0.25, -0.2) is 8.78 Å². The number of anilines is 1. The first kappa shape index (κ1) is 18.6. The number of alkyl halides is 2. The first-order chi connectivity index (χ1) is 13.0. The van der Waals surface area contributed by atoms with E-state index in [0.29, 0.717) is 26.2 Å². The molecule has 0 saturated carbocycles. The van der Waals surface area contributed by atoms with E-state index in [4.69, 9.17) is 5.41 Å². The molecule has 0 spiro atoms. The summed E-state index contributed by atoms with van der Waals surface area (Å²) in [6, 6.07) is 9.91. The predicted octanol–water partition coefficient (Wildman–Crippen LogP) is 2.05. The lowest BCUT2D eigenvalue weighted by molar-refractivity contribution is -0.126. The molecule has 1 saturated heterocycles. The van der Waals surface area contributed by atoms with Gasteiger partial charge in [-0.2, -0.15) is 0 Å². The minimum absolute atomic E-state index is 0.00411. The lowest BCUT2D eigenvalue weighted by Gasteiger charge is -2.36. The van der Waals surface area contributed by atoms with Crippen LogP contribution < -0.4 is 15.5 Å². The maximum Gasteiger partial charge on any atom is 0.278 e. The molecule has 0 aliphatic carbocycles. The van der Waals surface area contributed by atoms with E-state index in [2.05, 4.69) is 22.1 Å². The van der Waals surface area contributed by atoms with Crippen LogP contribution in [0.2, 0.25) is 0 Å². The number of carbonyl (C=O) groups is 1. The van der Waals surface area contributed by atoms with Gasteiger partial charge in [0.1, 0.15) is 5.82 Å². The largest absolute Gasteiger partial charge is 0.368 e. The summed E-state index contributed by atoms with van der Waals surface area (Å²) in [7, 11) is 0. The fourth-order valence-electron chi connectivity index (χ4n) is 3.07. The van der Waals surface area contributed by atoms with Gasteiger partial charge in [-0.15, -0.1) is 0 Å². The Morgan fingerprint density at radius 1 is 1.15 bits per heavy atom. The van der Waals surface area contributed by atoms with Crippen molar-refractivity contribution in [1.29, 1.82) is 5.41 Å². The molecule has 1 fully saturated rings. The summed E-state index contributed by atoms with van der Waals surface area (Å²) in [5.74, 6) is -0.320. The van der Waals surface area contributed by atoms with Crippen molar-refractivity contribution in [1.82, 2.24) is 15.5 Å². The summed E-state index contributed by atoms with van der Waals surface area (Å²) in [6.45, 7) is 5.91. The number of piperazine rings is 1. The van der Waals surface area contributed by atoms with Gasteiger partial charge in [0.2, 0.25) is 0 Å². The van der Waals surface area contributed by atoms with Crippen LogP contribution in [0.1, 0.15) is 0 Å². The Labute approximate surface area is 156 Å². The van der Waals surface area contributed by atoms with Crippen molar-refractivity contribution < 1.29 is 13.6 Å². The van der Waals surface area contributed by atoms with Gasteiger partial charge in [-0.1, -0.05) is 24.8 Å². The van der Waals surface area contributed by atoms with Gasteiger partial charge in [0, 0.05) is 43.8 Å². The number of amides is 1. The smallest absolute Gasteiger partial charge is 0.278 e. The van der Waals surface area contributed by atoms with Crippen molar-refractivity contribution in [2.75, 3.05) is 31.1 Å². The number of nitrogens with one attached hydrogen (secondary N) is 3. The van der Waals surface area contributed by atoms with Crippen LogP contribution in [0.15, 0.2) is 65.8 Å². The standard InChI is InChI=1S/C19H21F2N5O/c1-13-11-16(17(20)21)24-18(23-13)15(12-22)19(27)26-9-7-25(8-10-26)14-5-3-2-4-6-14/h2-6,11-12,17,22-24H,1,7-10H2/b18-15+,22-12?. The molecule has 3 N–H and O–H groups in total. The van der Waals surface area contributed by atoms with Crippen molar-refractivity contribution >= 4 is 17.8 Å². The molecule has 2 aliphatic rings. The van der Waals surface area contributed by atoms with Crippen molar-refractivity contribution in [3.05, 3.63) is 65.8 Å². The second kappa shape index (κ2) is 8.03. The molecule has 0 bridgehead atoms. The Hall–Kier alpha value is -3.16. The molecule has 142 valence electrons. The lowest BCUT2D eigenvalue weighted by atomic mass is 10.1. The van der Waals surface area contributed by atoms with Crippen LogP contribution in [0.3, 0.4) is 0 Å². The normalized spacial score (nSPS) is 19.2. The predicted molar refractivity (Wildman–Crippen MR) is 101 cm³/mol. The van der Waals surface area contributed by atoms with Crippen LogP contribution >= 0.6 is 0 Å². The second-order valence-corrected chi connectivity index (χ2v) is 6.22. The zero-order chi connectivity index (χ0) is 19.4. The minimum atomic E-state index is -2.73. The van der Waals surface area contributed by atoms with Crippen molar-refractivity contribution in [3.8, 4) is 0 Å². The van der Waals surface area contributed by atoms with E-state index in [1.807, 2.05) is 30.3 Å². The number of carbonyl (C=O) groups excluding carboxylic acids is 1. The molecule has 0 aromatic heterocycles. The van der Waals surface area contributed by atoms with Gasteiger partial charge in [0.05, 0.1) is 11.3 Å². The average Bonchev–Trinajstić information content (AvgIpc) is 2.69. The van der Waals surface area contributed by atoms with Gasteiger partial charge in [0.25, 0.3) is 12.3 Å². The van der Waals surface area contributed by atoms with Crippen LogP contribution in [0.4, 0.5) is 14.5 Å². The number of rotatable bonds is 4. The fraction of sp³-hybridized carbons (Fsp3) is 0.263. The molecular formula is C19H21F2N5O. The molecule has 0 unspecified atom stereocenters. The van der Waals surface area contributed by atoms with Gasteiger partial charge in [-0.3, -0.25) is 4.79 Å². The number of hydrogen-bond acceptors (Lipinski definition) is 5. The maximum atomic E-state index is 13.0. The van der Waals surface area contributed by atoms with Gasteiger partial charge in [0.15, 0.2) is 0 Å². The number of halogens is 2. The van der Waals surface area contributed by atoms with Crippen molar-refractivity contribution in [2.24, 2.45) is 0 Å². The quantitative estimate of drug-likeness (QED) is 0.558. The van der Waals surface area contributed by atoms with E-state index in [1.54, 1.807) is 4.90 Å². The van der Waals surface area contributed by atoms with Crippen LogP contribution in [0.25, 0.3) is 0 Å². The highest BCUT2D eigenvalue weighted by Crippen LogP contribution is 2.19. The summed E-state index contributed by atoms with van der Waals surface area (Å²) in [6.07, 6.45) is -0.669. The summed E-state index contributed by atoms with van der Waals surface area (Å²) >= 11 is 0. The van der Waals surface area contributed by atoms with Gasteiger partial charge >= 0.3 is 0 Å². The molecule has 2 heterocycles. The Morgan fingerprint density at radius 2 is 1.81 bits per heavy atom. The number of nitrogens with zero attached hydrogens (tertiary/aromatic N) is 2. The van der Waals surface area contributed by atoms with Crippen LogP contribution in [0.5, 0.6) is 0 Å². The van der Waals surface area contributed by atoms with E-state index in [0.717, 1.165) is 11.9 Å². The highest BCUT2D eigenvalue weighted by Gasteiger charge is 2.27. The Balaban J connectivity index is 1.72. The first-order valence-electron chi connectivity index (χ1n) is 8.56. The SMILES string of the molecule is C=C1C=C(C(F)F)N/C(=C(\C=N)C(=O)N2CCN(c3ccccc3)CC2)N1. The van der Waals surface area contributed by atoms with E-state index >= 15 is 0 Å². The fourth-order valence-corrected chi connectivity index (χ4v) is 3.07. The van der Waals surface area contributed by atoms with Crippen LogP contribution in [-0.2, 0) is 4.79 Å². The molecule has 1 aromatic rings. The highest BCUT2D eigenvalue weighted by atomic mass is 19.3. The molecule has 1 amide bonds. The zero-order valence-corrected chi connectivity index (χ0v) is 14.7. The molecule has 6 nitrogen and oxygen atoms in total. The molecule has 0 radical (unpaired) electrons. The number of benzene rings is 1. The maximum absolute atomic E-state index is 13.0. The number of para-hydroxylation sites is 1. The number of allylic oxidation sites excluding steroid dienone is 2. The molecule has 3 rings (SSSR count). The highest BCUT2D eigenvalue weighted by molar-refractivity contribution is 6.12. The zero-order valence-electron chi connectivity index (χ0n) is 14.7. The molecule has 8 heteroatoms. The molecule has 1 aromatic carbocycles. The third-order valence-electron chi connectivity index (χ3n) is 4.45. The minimum Gasteiger partial charge on any atom is -0.368 e. The van der Waals surface area contributed by atoms with Crippen LogP contribution in [-0.4, -0.2) is 49.6 Å². The summed E-state index contributed by atoms with van der Waals surface area (Å²) in [4.78, 5) is 16.6. The Morgan fingerprint density at radius 3 is 2.41 bits per heavy atom. The number of hydrogen-bond donors (Lipinski definition) is 3. The van der Waals surface area contributed by atoms with Crippen molar-refractivity contribution in [2.45, 2.75) is 6.43 Å². The van der Waals surface area contributed by atoms with Gasteiger partial charge in [-0.05, 0) is 18.2 Å². The Bertz CT molecular complexity index is 796. The average molecular weight is 373 g/mol.